The molecular weight excluding hydrogens is 262 g/mol. The minimum Gasteiger partial charge on any atom is -0.274 e. The van der Waals surface area contributed by atoms with Crippen LogP contribution in [0.5, 0.6) is 0 Å². The van der Waals surface area contributed by atoms with Crippen molar-refractivity contribution in [3.63, 3.8) is 0 Å². The number of rotatable bonds is 5. The van der Waals surface area contributed by atoms with Crippen molar-refractivity contribution in [2.75, 3.05) is 13.6 Å². The van der Waals surface area contributed by atoms with Gasteiger partial charge in [-0.05, 0) is 6.42 Å². The molecule has 0 aromatic carbocycles. The van der Waals surface area contributed by atoms with Gasteiger partial charge in [0, 0.05) is 32.3 Å². The molecule has 0 radical (unpaired) electrons. The van der Waals surface area contributed by atoms with Gasteiger partial charge in [0.25, 0.3) is 0 Å². The van der Waals surface area contributed by atoms with Crippen molar-refractivity contribution >= 4 is 10.0 Å². The Morgan fingerprint density at radius 3 is 2.42 bits per heavy atom. The summed E-state index contributed by atoms with van der Waals surface area (Å²) in [7, 11) is -0.0745. The molecule has 0 fully saturated rings. The first-order chi connectivity index (χ1) is 8.60. The zero-order chi connectivity index (χ0) is 14.8. The number of hydrogen-bond donors (Lipinski definition) is 0. The van der Waals surface area contributed by atoms with Crippen LogP contribution in [0.3, 0.4) is 0 Å². The van der Waals surface area contributed by atoms with E-state index in [1.165, 1.54) is 4.31 Å². The van der Waals surface area contributed by atoms with E-state index < -0.39 is 10.0 Å². The van der Waals surface area contributed by atoms with Crippen LogP contribution in [0.15, 0.2) is 11.1 Å². The van der Waals surface area contributed by atoms with E-state index in [-0.39, 0.29) is 5.41 Å². The normalized spacial score (nSPS) is 13.2. The number of aryl methyl sites for hydroxylation is 1. The number of sulfonamides is 1. The summed E-state index contributed by atoms with van der Waals surface area (Å²) in [6.07, 6.45) is 3.43. The summed E-state index contributed by atoms with van der Waals surface area (Å²) < 4.78 is 28.2. The van der Waals surface area contributed by atoms with Crippen molar-refractivity contribution in [2.24, 2.45) is 7.05 Å². The van der Waals surface area contributed by atoms with Gasteiger partial charge in [0.15, 0.2) is 0 Å². The molecule has 5 nitrogen and oxygen atoms in total. The molecule has 110 valence electrons. The Kier molecular flexibility index (Phi) is 4.79. The molecule has 0 bridgehead atoms. The van der Waals surface area contributed by atoms with Gasteiger partial charge >= 0.3 is 0 Å². The summed E-state index contributed by atoms with van der Waals surface area (Å²) in [6, 6.07) is 0. The number of aromatic nitrogens is 2. The molecule has 0 aliphatic carbocycles. The van der Waals surface area contributed by atoms with Gasteiger partial charge in [-0.15, -0.1) is 0 Å². The van der Waals surface area contributed by atoms with E-state index in [1.807, 2.05) is 27.7 Å². The molecule has 0 N–H and O–H groups in total. The predicted octanol–water partition coefficient (Wildman–Crippen LogP) is 2.14. The van der Waals surface area contributed by atoms with Crippen molar-refractivity contribution in [3.05, 3.63) is 11.9 Å². The third-order valence-corrected chi connectivity index (χ3v) is 4.88. The lowest BCUT2D eigenvalue weighted by atomic mass is 9.92. The molecule has 1 aromatic rings. The highest BCUT2D eigenvalue weighted by Crippen LogP contribution is 2.28. The van der Waals surface area contributed by atoms with Crippen LogP contribution in [-0.4, -0.2) is 36.1 Å². The van der Waals surface area contributed by atoms with Gasteiger partial charge in [-0.1, -0.05) is 34.1 Å². The van der Waals surface area contributed by atoms with E-state index in [0.717, 1.165) is 12.8 Å². The van der Waals surface area contributed by atoms with E-state index >= 15 is 0 Å². The molecule has 1 rings (SSSR count). The number of nitrogens with zero attached hydrogens (tertiary/aromatic N) is 3. The van der Waals surface area contributed by atoms with Crippen LogP contribution < -0.4 is 0 Å². The number of hydrogen-bond acceptors (Lipinski definition) is 3. The summed E-state index contributed by atoms with van der Waals surface area (Å²) >= 11 is 0. The first-order valence-corrected chi connectivity index (χ1v) is 8.05. The smallest absolute Gasteiger partial charge is 0.246 e. The molecule has 0 spiro atoms. The van der Waals surface area contributed by atoms with Crippen LogP contribution >= 0.6 is 0 Å². The van der Waals surface area contributed by atoms with Gasteiger partial charge in [0.2, 0.25) is 10.0 Å². The fourth-order valence-electron chi connectivity index (χ4n) is 1.84. The Bertz CT molecular complexity index is 527. The van der Waals surface area contributed by atoms with Crippen molar-refractivity contribution in [1.29, 1.82) is 0 Å². The Balaban J connectivity index is 3.22. The topological polar surface area (TPSA) is 55.2 Å². The highest BCUT2D eigenvalue weighted by Gasteiger charge is 2.31. The van der Waals surface area contributed by atoms with Gasteiger partial charge in [-0.3, -0.25) is 4.68 Å². The Morgan fingerprint density at radius 2 is 1.95 bits per heavy atom. The average molecular weight is 287 g/mol. The Morgan fingerprint density at radius 1 is 1.37 bits per heavy atom. The average Bonchev–Trinajstić information content (AvgIpc) is 2.68. The molecule has 0 amide bonds. The monoisotopic (exact) mass is 287 g/mol. The zero-order valence-electron chi connectivity index (χ0n) is 12.8. The van der Waals surface area contributed by atoms with Crippen LogP contribution in [-0.2, 0) is 22.5 Å². The number of unbranched alkanes of at least 4 members (excludes halogenated alkanes) is 1. The summed E-state index contributed by atoms with van der Waals surface area (Å²) in [5, 5.41) is 4.32. The highest BCUT2D eigenvalue weighted by molar-refractivity contribution is 7.89. The minimum atomic E-state index is -3.45. The van der Waals surface area contributed by atoms with E-state index in [2.05, 4.69) is 5.10 Å². The molecule has 0 aliphatic rings. The fourth-order valence-corrected chi connectivity index (χ4v) is 3.43. The lowest BCUT2D eigenvalue weighted by molar-refractivity contribution is 0.455. The van der Waals surface area contributed by atoms with Gasteiger partial charge in [0.05, 0.1) is 5.69 Å². The largest absolute Gasteiger partial charge is 0.274 e. The molecule has 0 unspecified atom stereocenters. The second-order valence-electron chi connectivity index (χ2n) is 5.95. The van der Waals surface area contributed by atoms with Crippen molar-refractivity contribution in [1.82, 2.24) is 14.1 Å². The van der Waals surface area contributed by atoms with Gasteiger partial charge < -0.3 is 0 Å². The van der Waals surface area contributed by atoms with Crippen molar-refractivity contribution < 1.29 is 8.42 Å². The molecule has 6 heteroatoms. The summed E-state index contributed by atoms with van der Waals surface area (Å²) in [5.41, 5.74) is 0.327. The lowest BCUT2D eigenvalue weighted by Crippen LogP contribution is -2.29. The van der Waals surface area contributed by atoms with Gasteiger partial charge in [0.1, 0.15) is 4.90 Å². The van der Waals surface area contributed by atoms with E-state index in [4.69, 9.17) is 0 Å². The van der Waals surface area contributed by atoms with Crippen LogP contribution in [0.25, 0.3) is 0 Å². The Labute approximate surface area is 116 Å². The summed E-state index contributed by atoms with van der Waals surface area (Å²) in [5.74, 6) is 0. The van der Waals surface area contributed by atoms with E-state index in [9.17, 15) is 8.42 Å². The molecular formula is C13H25N3O2S. The Hall–Kier alpha value is -0.880. The molecule has 1 aromatic heterocycles. The quantitative estimate of drug-likeness (QED) is 0.833. The minimum absolute atomic E-state index is 0.296. The van der Waals surface area contributed by atoms with Crippen LogP contribution in [0, 0.1) is 0 Å². The maximum absolute atomic E-state index is 12.6. The molecule has 0 atom stereocenters. The second kappa shape index (κ2) is 5.63. The predicted molar refractivity (Wildman–Crippen MR) is 76.6 cm³/mol. The fraction of sp³-hybridized carbons (Fsp3) is 0.769. The summed E-state index contributed by atoms with van der Waals surface area (Å²) in [6.45, 7) is 8.50. The van der Waals surface area contributed by atoms with E-state index in [0.29, 0.717) is 17.1 Å². The van der Waals surface area contributed by atoms with Crippen molar-refractivity contribution in [2.45, 2.75) is 50.8 Å². The van der Waals surface area contributed by atoms with Crippen LogP contribution in [0.2, 0.25) is 0 Å². The highest BCUT2D eigenvalue weighted by atomic mass is 32.2. The maximum Gasteiger partial charge on any atom is 0.246 e. The molecule has 1 heterocycles. The lowest BCUT2D eigenvalue weighted by Gasteiger charge is -2.21. The molecule has 0 saturated heterocycles. The summed E-state index contributed by atoms with van der Waals surface area (Å²) in [4.78, 5) is 0.320. The zero-order valence-corrected chi connectivity index (χ0v) is 13.6. The third kappa shape index (κ3) is 3.57. The molecule has 0 aliphatic heterocycles. The first kappa shape index (κ1) is 16.2. The SMILES string of the molecule is CCCCN(C)S(=O)(=O)c1cn(C)nc1C(C)(C)C. The van der Waals surface area contributed by atoms with E-state index in [1.54, 1.807) is 25.0 Å². The maximum atomic E-state index is 12.6. The van der Waals surface area contributed by atoms with Gasteiger partial charge in [-0.2, -0.15) is 5.10 Å². The first-order valence-electron chi connectivity index (χ1n) is 6.61. The third-order valence-electron chi connectivity index (χ3n) is 3.02. The van der Waals surface area contributed by atoms with Gasteiger partial charge in [-0.25, -0.2) is 12.7 Å². The van der Waals surface area contributed by atoms with Crippen LogP contribution in [0.1, 0.15) is 46.2 Å². The second-order valence-corrected chi connectivity index (χ2v) is 7.96. The molecule has 0 saturated carbocycles. The molecule has 19 heavy (non-hydrogen) atoms. The van der Waals surface area contributed by atoms with Crippen LogP contribution in [0.4, 0.5) is 0 Å². The van der Waals surface area contributed by atoms with Crippen molar-refractivity contribution in [3.8, 4) is 0 Å². The standard InChI is InChI=1S/C13H25N3O2S/c1-7-8-9-16(6)19(17,18)11-10-15(5)14-12(11)13(2,3)4/h10H,7-9H2,1-6H3.